The monoisotopic (exact) mass is 249 g/mol. The molecule has 0 fully saturated rings. The lowest BCUT2D eigenvalue weighted by Crippen LogP contribution is -2.12. The van der Waals surface area contributed by atoms with Gasteiger partial charge in [-0.05, 0) is 24.6 Å². The molecule has 0 unspecified atom stereocenters. The maximum absolute atomic E-state index is 13.1. The van der Waals surface area contributed by atoms with Crippen LogP contribution in [0, 0.1) is 5.82 Å². The molecule has 0 bridgehead atoms. The molecular weight excluding hydrogens is 240 g/mol. The van der Waals surface area contributed by atoms with Gasteiger partial charge in [0.25, 0.3) is 0 Å². The molecule has 0 radical (unpaired) electrons. The van der Waals surface area contributed by atoms with Crippen LogP contribution in [0.3, 0.4) is 0 Å². The number of hydrogen-bond donors (Lipinski definition) is 1. The Morgan fingerprint density at radius 3 is 2.77 bits per heavy atom. The van der Waals surface area contributed by atoms with Crippen LogP contribution in [0.15, 0.2) is 22.7 Å². The molecule has 1 aromatic rings. The summed E-state index contributed by atoms with van der Waals surface area (Å²) in [7, 11) is 0. The lowest BCUT2D eigenvalue weighted by Gasteiger charge is -2.10. The van der Waals surface area contributed by atoms with Crippen molar-refractivity contribution in [3.8, 4) is 0 Å². The maximum Gasteiger partial charge on any atom is 0.128 e. The minimum atomic E-state index is -0.567. The first-order chi connectivity index (χ1) is 6.15. The van der Waals surface area contributed by atoms with E-state index in [1.165, 1.54) is 6.07 Å². The van der Waals surface area contributed by atoms with Gasteiger partial charge in [-0.15, -0.1) is 0 Å². The van der Waals surface area contributed by atoms with E-state index in [0.717, 1.165) is 4.47 Å². The van der Waals surface area contributed by atoms with E-state index in [0.29, 0.717) is 5.56 Å². The summed E-state index contributed by atoms with van der Waals surface area (Å²) in [4.78, 5) is 0. The zero-order chi connectivity index (χ0) is 9.84. The third-order valence-corrected chi connectivity index (χ3v) is 2.27. The highest BCUT2D eigenvalue weighted by Gasteiger charge is 2.11. The van der Waals surface area contributed by atoms with Crippen LogP contribution >= 0.6 is 15.9 Å². The summed E-state index contributed by atoms with van der Waals surface area (Å²) in [6.45, 7) is -0.535. The van der Waals surface area contributed by atoms with Gasteiger partial charge in [0, 0.05) is 16.1 Å². The molecule has 1 rings (SSSR count). The number of nitrogens with two attached hydrogens (primary N) is 1. The Bertz CT molecular complexity index is 291. The smallest absolute Gasteiger partial charge is 0.128 e. The molecule has 1 aromatic carbocycles. The first-order valence-electron chi connectivity index (χ1n) is 3.91. The van der Waals surface area contributed by atoms with Crippen molar-refractivity contribution in [1.82, 2.24) is 0 Å². The van der Waals surface area contributed by atoms with Crippen molar-refractivity contribution in [2.45, 2.75) is 12.5 Å². The molecule has 0 aromatic heterocycles. The topological polar surface area (TPSA) is 26.0 Å². The molecule has 2 N–H and O–H groups in total. The maximum atomic E-state index is 13.1. The average molecular weight is 250 g/mol. The lowest BCUT2D eigenvalue weighted by atomic mass is 10.1. The molecule has 0 aliphatic heterocycles. The Kier molecular flexibility index (Phi) is 3.81. The molecule has 0 amide bonds. The quantitative estimate of drug-likeness (QED) is 0.876. The standard InChI is InChI=1S/C9H10BrF2N/c10-6-1-2-8(12)7(5-6)9(13)3-4-11/h1-2,5,9H,3-4,13H2/t9-/m0/s1. The van der Waals surface area contributed by atoms with Crippen LogP contribution in [0.25, 0.3) is 0 Å². The SMILES string of the molecule is N[C@@H](CCF)c1cc(Br)ccc1F. The largest absolute Gasteiger partial charge is 0.324 e. The van der Waals surface area contributed by atoms with E-state index in [9.17, 15) is 8.78 Å². The van der Waals surface area contributed by atoms with Crippen molar-refractivity contribution in [2.75, 3.05) is 6.67 Å². The van der Waals surface area contributed by atoms with E-state index in [2.05, 4.69) is 15.9 Å². The number of rotatable bonds is 3. The van der Waals surface area contributed by atoms with Gasteiger partial charge in [-0.2, -0.15) is 0 Å². The summed E-state index contributed by atoms with van der Waals surface area (Å²) in [5.74, 6) is -0.385. The van der Waals surface area contributed by atoms with Gasteiger partial charge in [0.05, 0.1) is 6.67 Å². The fourth-order valence-corrected chi connectivity index (χ4v) is 1.45. The predicted octanol–water partition coefficient (Wildman–Crippen LogP) is 2.95. The summed E-state index contributed by atoms with van der Waals surface area (Å²) in [5, 5.41) is 0. The number of hydrogen-bond acceptors (Lipinski definition) is 1. The fraction of sp³-hybridized carbons (Fsp3) is 0.333. The summed E-state index contributed by atoms with van der Waals surface area (Å²) in [5.41, 5.74) is 5.93. The Balaban J connectivity index is 2.91. The van der Waals surface area contributed by atoms with E-state index in [1.54, 1.807) is 12.1 Å². The second-order valence-corrected chi connectivity index (χ2v) is 3.67. The molecule has 0 saturated carbocycles. The van der Waals surface area contributed by atoms with Crippen molar-refractivity contribution < 1.29 is 8.78 Å². The Labute approximate surface area is 84.1 Å². The van der Waals surface area contributed by atoms with Gasteiger partial charge >= 0.3 is 0 Å². The second kappa shape index (κ2) is 4.67. The molecule has 0 aliphatic carbocycles. The van der Waals surface area contributed by atoms with Gasteiger partial charge < -0.3 is 5.73 Å². The van der Waals surface area contributed by atoms with Gasteiger partial charge in [-0.1, -0.05) is 15.9 Å². The Morgan fingerprint density at radius 1 is 1.46 bits per heavy atom. The van der Waals surface area contributed by atoms with E-state index < -0.39 is 12.7 Å². The minimum Gasteiger partial charge on any atom is -0.324 e. The van der Waals surface area contributed by atoms with Crippen LogP contribution in [0.2, 0.25) is 0 Å². The van der Waals surface area contributed by atoms with Gasteiger partial charge in [-0.3, -0.25) is 4.39 Å². The second-order valence-electron chi connectivity index (χ2n) is 2.75. The van der Waals surface area contributed by atoms with Crippen molar-refractivity contribution in [2.24, 2.45) is 5.73 Å². The average Bonchev–Trinajstić information content (AvgIpc) is 2.09. The van der Waals surface area contributed by atoms with Crippen molar-refractivity contribution in [3.05, 3.63) is 34.1 Å². The zero-order valence-corrected chi connectivity index (χ0v) is 8.52. The Morgan fingerprint density at radius 2 is 2.15 bits per heavy atom. The van der Waals surface area contributed by atoms with E-state index in [1.807, 2.05) is 0 Å². The molecule has 0 aliphatic rings. The van der Waals surface area contributed by atoms with Crippen LogP contribution in [0.4, 0.5) is 8.78 Å². The van der Waals surface area contributed by atoms with Crippen LogP contribution in [-0.4, -0.2) is 6.67 Å². The highest BCUT2D eigenvalue weighted by atomic mass is 79.9. The van der Waals surface area contributed by atoms with E-state index >= 15 is 0 Å². The van der Waals surface area contributed by atoms with Gasteiger partial charge in [-0.25, -0.2) is 4.39 Å². The van der Waals surface area contributed by atoms with Gasteiger partial charge in [0.15, 0.2) is 0 Å². The Hall–Kier alpha value is -0.480. The first kappa shape index (κ1) is 10.6. The number of halogens is 3. The highest BCUT2D eigenvalue weighted by Crippen LogP contribution is 2.22. The number of alkyl halides is 1. The van der Waals surface area contributed by atoms with Crippen LogP contribution in [-0.2, 0) is 0 Å². The summed E-state index contributed by atoms with van der Waals surface area (Å²) < 4.78 is 25.8. The normalized spacial score (nSPS) is 12.9. The third-order valence-electron chi connectivity index (χ3n) is 1.78. The predicted molar refractivity (Wildman–Crippen MR) is 51.6 cm³/mol. The number of benzene rings is 1. The zero-order valence-electron chi connectivity index (χ0n) is 6.93. The van der Waals surface area contributed by atoms with Crippen molar-refractivity contribution in [1.29, 1.82) is 0 Å². The van der Waals surface area contributed by atoms with E-state index in [-0.39, 0.29) is 12.2 Å². The molecular formula is C9H10BrF2N. The molecule has 0 saturated heterocycles. The molecule has 0 heterocycles. The van der Waals surface area contributed by atoms with Crippen molar-refractivity contribution >= 4 is 15.9 Å². The van der Waals surface area contributed by atoms with Crippen molar-refractivity contribution in [3.63, 3.8) is 0 Å². The fourth-order valence-electron chi connectivity index (χ4n) is 1.07. The summed E-state index contributed by atoms with van der Waals surface area (Å²) in [6.07, 6.45) is 0.146. The van der Waals surface area contributed by atoms with Crippen LogP contribution in [0.5, 0.6) is 0 Å². The lowest BCUT2D eigenvalue weighted by molar-refractivity contribution is 0.435. The molecule has 1 atom stereocenters. The molecule has 13 heavy (non-hydrogen) atoms. The molecule has 0 spiro atoms. The molecule has 4 heteroatoms. The minimum absolute atomic E-state index is 0.146. The van der Waals surface area contributed by atoms with Crippen LogP contribution in [0.1, 0.15) is 18.0 Å². The van der Waals surface area contributed by atoms with E-state index in [4.69, 9.17) is 5.73 Å². The summed E-state index contributed by atoms with van der Waals surface area (Å²) >= 11 is 3.20. The first-order valence-corrected chi connectivity index (χ1v) is 4.71. The van der Waals surface area contributed by atoms with Gasteiger partial charge in [0.1, 0.15) is 5.82 Å². The summed E-state index contributed by atoms with van der Waals surface area (Å²) in [6, 6.07) is 3.91. The highest BCUT2D eigenvalue weighted by molar-refractivity contribution is 9.10. The van der Waals surface area contributed by atoms with Gasteiger partial charge in [0.2, 0.25) is 0 Å². The third kappa shape index (κ3) is 2.74. The molecule has 72 valence electrons. The van der Waals surface area contributed by atoms with Crippen LogP contribution < -0.4 is 5.73 Å². The molecule has 1 nitrogen and oxygen atoms in total.